The average Bonchev–Trinajstić information content (AvgIpc) is 3.23. The summed E-state index contributed by atoms with van der Waals surface area (Å²) in [5.74, 6) is -0.978. The van der Waals surface area contributed by atoms with Crippen molar-refractivity contribution >= 4 is 28.8 Å². The van der Waals surface area contributed by atoms with E-state index in [1.807, 2.05) is 48.4 Å². The summed E-state index contributed by atoms with van der Waals surface area (Å²) in [6, 6.07) is 13.6. The van der Waals surface area contributed by atoms with Crippen molar-refractivity contribution < 1.29 is 18.7 Å². The predicted octanol–water partition coefficient (Wildman–Crippen LogP) is 4.98. The number of aliphatic imine (C=N–C) groups is 1. The summed E-state index contributed by atoms with van der Waals surface area (Å²) in [6.07, 6.45) is 0.674. The molecule has 0 aliphatic carbocycles. The van der Waals surface area contributed by atoms with Gasteiger partial charge in [-0.3, -0.25) is 4.79 Å². The Kier molecular flexibility index (Phi) is 7.17. The summed E-state index contributed by atoms with van der Waals surface area (Å²) in [4.78, 5) is 32.4. The molecule has 1 amide bonds. The summed E-state index contributed by atoms with van der Waals surface area (Å²) in [7, 11) is 1.37. The number of ether oxygens (including phenoxy) is 1. The number of rotatable bonds is 7. The van der Waals surface area contributed by atoms with Crippen LogP contribution in [-0.4, -0.2) is 29.1 Å². The predicted molar refractivity (Wildman–Crippen MR) is 131 cm³/mol. The van der Waals surface area contributed by atoms with E-state index in [9.17, 15) is 14.0 Å². The highest BCUT2D eigenvalue weighted by Gasteiger charge is 2.41. The molecule has 1 N–H and O–H groups in total. The van der Waals surface area contributed by atoms with Crippen LogP contribution in [0.1, 0.15) is 42.5 Å². The molecule has 8 heteroatoms. The first-order valence-corrected chi connectivity index (χ1v) is 11.9. The van der Waals surface area contributed by atoms with E-state index in [0.29, 0.717) is 23.3 Å². The minimum atomic E-state index is -0.452. The van der Waals surface area contributed by atoms with E-state index >= 15 is 0 Å². The smallest absolute Gasteiger partial charge is 0.338 e. The first-order valence-electron chi connectivity index (χ1n) is 11.0. The lowest BCUT2D eigenvalue weighted by atomic mass is 9.92. The van der Waals surface area contributed by atoms with Gasteiger partial charge in [-0.1, -0.05) is 60.6 Å². The third kappa shape index (κ3) is 4.92. The van der Waals surface area contributed by atoms with Crippen molar-refractivity contribution in [2.45, 2.75) is 39.3 Å². The number of allylic oxidation sites excluding steroid dienone is 1. The zero-order valence-electron chi connectivity index (χ0n) is 19.3. The van der Waals surface area contributed by atoms with Gasteiger partial charge in [-0.15, -0.1) is 0 Å². The van der Waals surface area contributed by atoms with Crippen LogP contribution in [0, 0.1) is 12.7 Å². The SMILES string of the molecule is CCC1=C(C(=O)OC)[C@@H](c2cccc(C)c2)N2C(CC(=O)NCc3cccc(F)c3)=CSC2=N1. The van der Waals surface area contributed by atoms with Gasteiger partial charge in [-0.05, 0) is 42.0 Å². The highest BCUT2D eigenvalue weighted by Crippen LogP contribution is 2.45. The largest absolute Gasteiger partial charge is 0.466 e. The maximum atomic E-state index is 13.4. The van der Waals surface area contributed by atoms with E-state index in [1.165, 1.54) is 31.0 Å². The number of carbonyl (C=O) groups excluding carboxylic acids is 2. The number of halogens is 1. The Morgan fingerprint density at radius 2 is 2.00 bits per heavy atom. The normalized spacial score (nSPS) is 17.2. The van der Waals surface area contributed by atoms with Crippen molar-refractivity contribution in [2.24, 2.45) is 4.99 Å². The number of benzene rings is 2. The Bertz CT molecular complexity index is 1220. The topological polar surface area (TPSA) is 71.0 Å². The lowest BCUT2D eigenvalue weighted by molar-refractivity contribution is -0.136. The van der Waals surface area contributed by atoms with Crippen LogP contribution >= 0.6 is 11.8 Å². The molecule has 2 aromatic carbocycles. The van der Waals surface area contributed by atoms with Crippen LogP contribution in [0.5, 0.6) is 0 Å². The number of amidine groups is 1. The summed E-state index contributed by atoms with van der Waals surface area (Å²) in [6.45, 7) is 4.19. The molecule has 2 heterocycles. The highest BCUT2D eigenvalue weighted by atomic mass is 32.2. The maximum Gasteiger partial charge on any atom is 0.338 e. The van der Waals surface area contributed by atoms with Gasteiger partial charge < -0.3 is 15.0 Å². The number of nitrogens with zero attached hydrogens (tertiary/aromatic N) is 2. The van der Waals surface area contributed by atoms with Crippen molar-refractivity contribution in [1.29, 1.82) is 0 Å². The fourth-order valence-electron chi connectivity index (χ4n) is 4.14. The van der Waals surface area contributed by atoms with Gasteiger partial charge in [0, 0.05) is 12.2 Å². The molecule has 0 saturated carbocycles. The second-order valence-electron chi connectivity index (χ2n) is 8.10. The molecule has 2 aliphatic heterocycles. The summed E-state index contributed by atoms with van der Waals surface area (Å²) >= 11 is 1.43. The number of nitrogens with one attached hydrogen (secondary N) is 1. The molecule has 0 radical (unpaired) electrons. The number of esters is 1. The second kappa shape index (κ2) is 10.3. The Labute approximate surface area is 202 Å². The van der Waals surface area contributed by atoms with Crippen LogP contribution in [-0.2, 0) is 20.9 Å². The van der Waals surface area contributed by atoms with E-state index in [4.69, 9.17) is 9.73 Å². The zero-order valence-corrected chi connectivity index (χ0v) is 20.1. The fraction of sp³-hybridized carbons (Fsp3) is 0.269. The van der Waals surface area contributed by atoms with Crippen LogP contribution in [0.25, 0.3) is 0 Å². The number of hydrogen-bond acceptors (Lipinski definition) is 6. The number of methoxy groups -OCH3 is 1. The number of carbonyl (C=O) groups is 2. The molecule has 0 unspecified atom stereocenters. The molecule has 0 spiro atoms. The average molecular weight is 480 g/mol. The van der Waals surface area contributed by atoms with E-state index in [1.54, 1.807) is 12.1 Å². The third-order valence-electron chi connectivity index (χ3n) is 5.71. The standard InChI is InChI=1S/C26H26FN3O3S/c1-4-21-23(25(32)33-3)24(18-9-5-7-16(2)11-18)30-20(15-34-26(30)29-21)13-22(31)28-14-17-8-6-10-19(27)12-17/h5-12,15,24H,4,13-14H2,1-3H3,(H,28,31)/t24-/m1/s1. The number of fused-ring (bicyclic) bond motifs is 1. The van der Waals surface area contributed by atoms with Crippen molar-refractivity contribution in [3.63, 3.8) is 0 Å². The summed E-state index contributed by atoms with van der Waals surface area (Å²) in [5.41, 5.74) is 4.57. The van der Waals surface area contributed by atoms with Gasteiger partial charge >= 0.3 is 5.97 Å². The Morgan fingerprint density at radius 1 is 1.21 bits per heavy atom. The molecule has 2 aromatic rings. The highest BCUT2D eigenvalue weighted by molar-refractivity contribution is 8.16. The van der Waals surface area contributed by atoms with Crippen LogP contribution in [0.4, 0.5) is 4.39 Å². The van der Waals surface area contributed by atoms with Crippen molar-refractivity contribution in [3.05, 3.63) is 93.4 Å². The van der Waals surface area contributed by atoms with Gasteiger partial charge in [-0.25, -0.2) is 14.2 Å². The quantitative estimate of drug-likeness (QED) is 0.568. The molecule has 6 nitrogen and oxygen atoms in total. The Balaban J connectivity index is 1.62. The van der Waals surface area contributed by atoms with Crippen molar-refractivity contribution in [3.8, 4) is 0 Å². The van der Waals surface area contributed by atoms with Gasteiger partial charge in [0.15, 0.2) is 5.17 Å². The van der Waals surface area contributed by atoms with Crippen molar-refractivity contribution in [1.82, 2.24) is 10.2 Å². The van der Waals surface area contributed by atoms with Crippen LogP contribution in [0.3, 0.4) is 0 Å². The van der Waals surface area contributed by atoms with Gasteiger partial charge in [0.1, 0.15) is 5.82 Å². The molecule has 0 fully saturated rings. The van der Waals surface area contributed by atoms with Gasteiger partial charge in [0.2, 0.25) is 5.91 Å². The monoisotopic (exact) mass is 479 g/mol. The van der Waals surface area contributed by atoms with Crippen LogP contribution < -0.4 is 5.32 Å². The Hall–Kier alpha value is -3.39. The molecule has 0 bridgehead atoms. The molecule has 0 aromatic heterocycles. The number of hydrogen-bond donors (Lipinski definition) is 1. The lowest BCUT2D eigenvalue weighted by Crippen LogP contribution is -2.38. The van der Waals surface area contributed by atoms with Crippen molar-refractivity contribution in [2.75, 3.05) is 7.11 Å². The summed E-state index contributed by atoms with van der Waals surface area (Å²) < 4.78 is 18.6. The Morgan fingerprint density at radius 3 is 2.71 bits per heavy atom. The number of amides is 1. The molecule has 4 rings (SSSR count). The van der Waals surface area contributed by atoms with Crippen LogP contribution in [0.2, 0.25) is 0 Å². The molecule has 2 aliphatic rings. The zero-order chi connectivity index (χ0) is 24.2. The minimum Gasteiger partial charge on any atom is -0.466 e. The van der Waals surface area contributed by atoms with Gasteiger partial charge in [0.25, 0.3) is 0 Å². The molecule has 34 heavy (non-hydrogen) atoms. The molecular formula is C26H26FN3O3S. The molecule has 0 saturated heterocycles. The third-order valence-corrected chi connectivity index (χ3v) is 6.60. The van der Waals surface area contributed by atoms with E-state index in [0.717, 1.165) is 22.0 Å². The maximum absolute atomic E-state index is 13.4. The molecule has 1 atom stereocenters. The van der Waals surface area contributed by atoms with Gasteiger partial charge in [0.05, 0.1) is 30.8 Å². The fourth-order valence-corrected chi connectivity index (χ4v) is 5.08. The van der Waals surface area contributed by atoms with E-state index in [-0.39, 0.29) is 24.7 Å². The first kappa shape index (κ1) is 23.8. The van der Waals surface area contributed by atoms with Crippen LogP contribution in [0.15, 0.2) is 75.9 Å². The van der Waals surface area contributed by atoms with E-state index in [2.05, 4.69) is 5.32 Å². The first-order chi connectivity index (χ1) is 16.4. The molecule has 176 valence electrons. The number of thioether (sulfide) groups is 1. The number of aryl methyl sites for hydroxylation is 1. The minimum absolute atomic E-state index is 0.0968. The second-order valence-corrected chi connectivity index (χ2v) is 8.93. The summed E-state index contributed by atoms with van der Waals surface area (Å²) in [5, 5.41) is 5.48. The lowest BCUT2D eigenvalue weighted by Gasteiger charge is -2.36. The van der Waals surface area contributed by atoms with E-state index < -0.39 is 12.0 Å². The molecular weight excluding hydrogens is 453 g/mol. The van der Waals surface area contributed by atoms with Gasteiger partial charge in [-0.2, -0.15) is 0 Å².